The van der Waals surface area contributed by atoms with E-state index in [1.165, 1.54) is 11.3 Å². The highest BCUT2D eigenvalue weighted by Gasteiger charge is 2.19. The Labute approximate surface area is 175 Å². The van der Waals surface area contributed by atoms with E-state index in [0.29, 0.717) is 11.7 Å². The number of fused-ring (bicyclic) bond motifs is 1. The number of benzene rings is 3. The minimum Gasteiger partial charge on any atom is -0.455 e. The zero-order valence-electron chi connectivity index (χ0n) is 16.4. The molecule has 1 aliphatic rings. The van der Waals surface area contributed by atoms with Gasteiger partial charge in [0.2, 0.25) is 5.95 Å². The summed E-state index contributed by atoms with van der Waals surface area (Å²) in [5.41, 5.74) is 3.29. The van der Waals surface area contributed by atoms with Gasteiger partial charge in [0.1, 0.15) is 5.75 Å². The van der Waals surface area contributed by atoms with Gasteiger partial charge in [0, 0.05) is 12.2 Å². The van der Waals surface area contributed by atoms with Gasteiger partial charge in [-0.15, -0.1) is 5.10 Å². The van der Waals surface area contributed by atoms with E-state index in [9.17, 15) is 0 Å². The number of hydrogen-bond acceptors (Lipinski definition) is 6. The van der Waals surface area contributed by atoms with Crippen molar-refractivity contribution in [2.45, 2.75) is 12.8 Å². The molecule has 0 aliphatic carbocycles. The average Bonchev–Trinajstić information content (AvgIpc) is 2.81. The number of aromatic nitrogens is 3. The van der Waals surface area contributed by atoms with Crippen molar-refractivity contribution in [3.63, 3.8) is 0 Å². The number of ether oxygens (including phenoxy) is 1. The van der Waals surface area contributed by atoms with Crippen LogP contribution in [0.3, 0.4) is 0 Å². The Morgan fingerprint density at radius 2 is 1.67 bits per heavy atom. The first-order chi connectivity index (χ1) is 14.9. The van der Waals surface area contributed by atoms with Crippen molar-refractivity contribution in [2.24, 2.45) is 0 Å². The molecular formula is C24H21N5O. The fraction of sp³-hybridized carbons (Fsp3) is 0.125. The zero-order chi connectivity index (χ0) is 20.2. The molecule has 3 aromatic carbocycles. The molecule has 148 valence electrons. The third-order valence-electron chi connectivity index (χ3n) is 5.04. The van der Waals surface area contributed by atoms with E-state index < -0.39 is 0 Å². The standard InChI is InChI=1S/C24H21N5O/c1-2-11-19(12-3-1)30-22-15-7-5-13-20(22)26-24-27-23(17-25-28-24)29-16-8-10-18-9-4-6-14-21(18)29/h1-7,9,11-15,17H,8,10,16H2,(H,26,27,28). The Kier molecular flexibility index (Phi) is 4.96. The SMILES string of the molecule is c1ccc(Oc2ccccc2Nc2nncc(N3CCCc4ccccc43)n2)cc1. The van der Waals surface area contributed by atoms with Gasteiger partial charge in [-0.25, -0.2) is 0 Å². The van der Waals surface area contributed by atoms with E-state index in [1.807, 2.05) is 54.6 Å². The highest BCUT2D eigenvalue weighted by atomic mass is 16.5. The second-order valence-corrected chi connectivity index (χ2v) is 7.06. The van der Waals surface area contributed by atoms with E-state index in [1.54, 1.807) is 6.20 Å². The van der Waals surface area contributed by atoms with Crippen LogP contribution in [0.15, 0.2) is 85.1 Å². The summed E-state index contributed by atoms with van der Waals surface area (Å²) < 4.78 is 6.03. The summed E-state index contributed by atoms with van der Waals surface area (Å²) in [6.45, 7) is 0.906. The Bertz CT molecular complexity index is 1150. The van der Waals surface area contributed by atoms with Gasteiger partial charge in [0.05, 0.1) is 11.9 Å². The molecule has 1 aromatic heterocycles. The van der Waals surface area contributed by atoms with Crippen molar-refractivity contribution >= 4 is 23.1 Å². The monoisotopic (exact) mass is 395 g/mol. The number of anilines is 4. The number of nitrogens with zero attached hydrogens (tertiary/aromatic N) is 4. The number of aryl methyl sites for hydroxylation is 1. The summed E-state index contributed by atoms with van der Waals surface area (Å²) >= 11 is 0. The first-order valence-electron chi connectivity index (χ1n) is 10.0. The molecule has 0 atom stereocenters. The van der Waals surface area contributed by atoms with E-state index in [0.717, 1.165) is 36.6 Å². The molecule has 0 saturated carbocycles. The molecule has 2 heterocycles. The van der Waals surface area contributed by atoms with Gasteiger partial charge in [0.25, 0.3) is 0 Å². The van der Waals surface area contributed by atoms with Crippen molar-refractivity contribution in [3.8, 4) is 11.5 Å². The zero-order valence-corrected chi connectivity index (χ0v) is 16.4. The summed E-state index contributed by atoms with van der Waals surface area (Å²) in [6, 6.07) is 25.8. The van der Waals surface area contributed by atoms with Crippen LogP contribution in [0.25, 0.3) is 0 Å². The van der Waals surface area contributed by atoms with Crippen LogP contribution in [0.5, 0.6) is 11.5 Å². The summed E-state index contributed by atoms with van der Waals surface area (Å²) in [5.74, 6) is 2.67. The number of hydrogen-bond donors (Lipinski definition) is 1. The second-order valence-electron chi connectivity index (χ2n) is 7.06. The Morgan fingerprint density at radius 1 is 0.867 bits per heavy atom. The van der Waals surface area contributed by atoms with E-state index >= 15 is 0 Å². The molecule has 30 heavy (non-hydrogen) atoms. The van der Waals surface area contributed by atoms with Gasteiger partial charge in [-0.2, -0.15) is 10.1 Å². The fourth-order valence-corrected chi connectivity index (χ4v) is 3.64. The summed E-state index contributed by atoms with van der Waals surface area (Å²) in [7, 11) is 0. The molecule has 0 radical (unpaired) electrons. The number of para-hydroxylation sites is 4. The smallest absolute Gasteiger partial charge is 0.249 e. The summed E-state index contributed by atoms with van der Waals surface area (Å²) in [4.78, 5) is 6.92. The van der Waals surface area contributed by atoms with E-state index in [-0.39, 0.29) is 0 Å². The van der Waals surface area contributed by atoms with Crippen LogP contribution < -0.4 is 15.0 Å². The quantitative estimate of drug-likeness (QED) is 0.482. The molecule has 0 saturated heterocycles. The second kappa shape index (κ2) is 8.21. The number of nitrogens with one attached hydrogen (secondary N) is 1. The van der Waals surface area contributed by atoms with Crippen LogP contribution in [0.1, 0.15) is 12.0 Å². The Balaban J connectivity index is 1.42. The molecule has 0 unspecified atom stereocenters. The van der Waals surface area contributed by atoms with Gasteiger partial charge in [0.15, 0.2) is 11.6 Å². The Morgan fingerprint density at radius 3 is 2.60 bits per heavy atom. The van der Waals surface area contributed by atoms with Crippen LogP contribution in [-0.2, 0) is 6.42 Å². The molecule has 4 aromatic rings. The topological polar surface area (TPSA) is 63.2 Å². The van der Waals surface area contributed by atoms with Gasteiger partial charge in [-0.3, -0.25) is 0 Å². The van der Waals surface area contributed by atoms with Gasteiger partial charge >= 0.3 is 0 Å². The van der Waals surface area contributed by atoms with Gasteiger partial charge < -0.3 is 15.0 Å². The van der Waals surface area contributed by atoms with Crippen LogP contribution >= 0.6 is 0 Å². The lowest BCUT2D eigenvalue weighted by Crippen LogP contribution is -2.25. The van der Waals surface area contributed by atoms with Crippen molar-refractivity contribution in [3.05, 3.63) is 90.6 Å². The molecule has 5 rings (SSSR count). The molecular weight excluding hydrogens is 374 g/mol. The lowest BCUT2D eigenvalue weighted by Gasteiger charge is -2.30. The molecule has 1 N–H and O–H groups in total. The Hall–Kier alpha value is -3.93. The minimum atomic E-state index is 0.430. The van der Waals surface area contributed by atoms with Crippen molar-refractivity contribution < 1.29 is 4.74 Å². The maximum Gasteiger partial charge on any atom is 0.249 e. The molecule has 1 aliphatic heterocycles. The van der Waals surface area contributed by atoms with Crippen molar-refractivity contribution in [1.82, 2.24) is 15.2 Å². The predicted octanol–water partition coefficient (Wildman–Crippen LogP) is 5.49. The van der Waals surface area contributed by atoms with Crippen LogP contribution in [-0.4, -0.2) is 21.7 Å². The lowest BCUT2D eigenvalue weighted by molar-refractivity contribution is 0.485. The fourth-order valence-electron chi connectivity index (χ4n) is 3.64. The third-order valence-corrected chi connectivity index (χ3v) is 5.04. The highest BCUT2D eigenvalue weighted by Crippen LogP contribution is 2.33. The lowest BCUT2D eigenvalue weighted by atomic mass is 10.0. The average molecular weight is 395 g/mol. The first kappa shape index (κ1) is 18.1. The number of rotatable bonds is 5. The molecule has 0 spiro atoms. The molecule has 0 bridgehead atoms. The molecule has 6 nitrogen and oxygen atoms in total. The maximum absolute atomic E-state index is 6.03. The summed E-state index contributed by atoms with van der Waals surface area (Å²) in [6.07, 6.45) is 3.87. The van der Waals surface area contributed by atoms with E-state index in [2.05, 4.69) is 44.7 Å². The molecule has 0 amide bonds. The maximum atomic E-state index is 6.03. The van der Waals surface area contributed by atoms with Gasteiger partial charge in [-0.05, 0) is 48.7 Å². The van der Waals surface area contributed by atoms with Crippen LogP contribution in [0.4, 0.5) is 23.1 Å². The molecule has 0 fully saturated rings. The van der Waals surface area contributed by atoms with Crippen LogP contribution in [0.2, 0.25) is 0 Å². The normalized spacial score (nSPS) is 12.9. The first-order valence-corrected chi connectivity index (χ1v) is 10.0. The van der Waals surface area contributed by atoms with Crippen molar-refractivity contribution in [2.75, 3.05) is 16.8 Å². The molecule has 6 heteroatoms. The van der Waals surface area contributed by atoms with Crippen LogP contribution in [0, 0.1) is 0 Å². The highest BCUT2D eigenvalue weighted by molar-refractivity contribution is 5.67. The predicted molar refractivity (Wildman–Crippen MR) is 118 cm³/mol. The van der Waals surface area contributed by atoms with E-state index in [4.69, 9.17) is 9.72 Å². The van der Waals surface area contributed by atoms with Crippen molar-refractivity contribution in [1.29, 1.82) is 0 Å². The van der Waals surface area contributed by atoms with Gasteiger partial charge in [-0.1, -0.05) is 48.5 Å². The summed E-state index contributed by atoms with van der Waals surface area (Å²) in [5, 5.41) is 11.6. The largest absolute Gasteiger partial charge is 0.455 e. The minimum absolute atomic E-state index is 0.430. The third kappa shape index (κ3) is 3.80.